The zero-order valence-corrected chi connectivity index (χ0v) is 13.2. The van der Waals surface area contributed by atoms with E-state index in [1.165, 1.54) is 0 Å². The first kappa shape index (κ1) is 16.3. The molecule has 114 valence electrons. The second kappa shape index (κ2) is 6.77. The first-order chi connectivity index (χ1) is 10.0. The molecule has 0 fully saturated rings. The van der Waals surface area contributed by atoms with Crippen molar-refractivity contribution in [2.75, 3.05) is 13.2 Å². The van der Waals surface area contributed by atoms with Crippen molar-refractivity contribution in [3.8, 4) is 0 Å². The lowest BCUT2D eigenvalue weighted by atomic mass is 9.95. The summed E-state index contributed by atoms with van der Waals surface area (Å²) in [5.41, 5.74) is 11.1. The summed E-state index contributed by atoms with van der Waals surface area (Å²) in [5, 5.41) is 0. The lowest BCUT2D eigenvalue weighted by molar-refractivity contribution is -0.228. The highest BCUT2D eigenvalue weighted by Gasteiger charge is 2.47. The molecule has 0 aromatic heterocycles. The molecule has 1 aromatic carbocycles. The number of ether oxygens (including phenoxy) is 2. The molecule has 1 aliphatic carbocycles. The minimum absolute atomic E-state index is 0.462. The van der Waals surface area contributed by atoms with Crippen LogP contribution in [0.25, 0.3) is 0 Å². The highest BCUT2D eigenvalue weighted by atomic mass is 32.2. The molecule has 2 rings (SSSR count). The van der Waals surface area contributed by atoms with Gasteiger partial charge in [-0.1, -0.05) is 30.0 Å². The van der Waals surface area contributed by atoms with E-state index in [9.17, 15) is 0 Å². The molecule has 1 aromatic rings. The molecule has 4 nitrogen and oxygen atoms in total. The summed E-state index contributed by atoms with van der Waals surface area (Å²) in [6.45, 7) is 4.72. The number of allylic oxidation sites excluding steroid dienone is 1. The first-order valence-corrected chi connectivity index (χ1v) is 7.85. The maximum atomic E-state index is 6.17. The zero-order chi connectivity index (χ0) is 15.3. The topological polar surface area (TPSA) is 70.5 Å². The Balaban J connectivity index is 2.30. The van der Waals surface area contributed by atoms with Crippen LogP contribution in [-0.2, 0) is 9.47 Å². The predicted octanol–water partition coefficient (Wildman–Crippen LogP) is 2.62. The quantitative estimate of drug-likeness (QED) is 0.791. The molecule has 0 atom stereocenters. The molecule has 0 aliphatic heterocycles. The molecule has 0 heterocycles. The molecule has 1 aliphatic rings. The third-order valence-electron chi connectivity index (χ3n) is 3.16. The molecule has 0 saturated carbocycles. The number of benzene rings is 1. The van der Waals surface area contributed by atoms with E-state index >= 15 is 0 Å². The lowest BCUT2D eigenvalue weighted by Crippen LogP contribution is -2.68. The predicted molar refractivity (Wildman–Crippen MR) is 86.6 cm³/mol. The van der Waals surface area contributed by atoms with Gasteiger partial charge in [0.15, 0.2) is 0 Å². The smallest absolute Gasteiger partial charge is 0.225 e. The van der Waals surface area contributed by atoms with Crippen molar-refractivity contribution in [2.45, 2.75) is 30.2 Å². The van der Waals surface area contributed by atoms with Crippen molar-refractivity contribution in [1.82, 2.24) is 0 Å². The molecule has 0 saturated heterocycles. The van der Waals surface area contributed by atoms with E-state index in [-0.39, 0.29) is 0 Å². The van der Waals surface area contributed by atoms with Gasteiger partial charge in [0.05, 0.1) is 0 Å². The van der Waals surface area contributed by atoms with Gasteiger partial charge in [-0.2, -0.15) is 0 Å². The lowest BCUT2D eigenvalue weighted by Gasteiger charge is -2.43. The van der Waals surface area contributed by atoms with E-state index < -0.39 is 11.4 Å². The Bertz CT molecular complexity index is 520. The second-order valence-electron chi connectivity index (χ2n) is 4.76. The molecule has 21 heavy (non-hydrogen) atoms. The van der Waals surface area contributed by atoms with Crippen molar-refractivity contribution >= 4 is 11.8 Å². The summed E-state index contributed by atoms with van der Waals surface area (Å²) in [4.78, 5) is 2.13. The van der Waals surface area contributed by atoms with Crippen molar-refractivity contribution in [2.24, 2.45) is 11.5 Å². The van der Waals surface area contributed by atoms with Crippen LogP contribution in [0, 0.1) is 0 Å². The van der Waals surface area contributed by atoms with Crippen molar-refractivity contribution < 1.29 is 9.47 Å². The molecule has 0 unspecified atom stereocenters. The van der Waals surface area contributed by atoms with E-state index in [1.54, 1.807) is 17.8 Å². The fourth-order valence-corrected chi connectivity index (χ4v) is 3.10. The number of hydrogen-bond acceptors (Lipinski definition) is 5. The molecule has 0 amide bonds. The highest BCUT2D eigenvalue weighted by molar-refractivity contribution is 8.03. The Labute approximate surface area is 130 Å². The standard InChI is InChI=1S/C16H22N2O2S/c1-3-19-16(20-4-2)12-14(10-11-15(16,17)18)21-13-8-6-5-7-9-13/h5-12H,3-4,17-18H2,1-2H3. The van der Waals surface area contributed by atoms with Gasteiger partial charge in [-0.15, -0.1) is 0 Å². The average molecular weight is 306 g/mol. The van der Waals surface area contributed by atoms with Crippen LogP contribution in [0.1, 0.15) is 13.8 Å². The van der Waals surface area contributed by atoms with Gasteiger partial charge < -0.3 is 20.9 Å². The molecular weight excluding hydrogens is 284 g/mol. The van der Waals surface area contributed by atoms with Crippen molar-refractivity contribution in [3.63, 3.8) is 0 Å². The van der Waals surface area contributed by atoms with Crippen LogP contribution in [-0.4, -0.2) is 24.7 Å². The second-order valence-corrected chi connectivity index (χ2v) is 5.91. The Morgan fingerprint density at radius 2 is 1.67 bits per heavy atom. The number of rotatable bonds is 6. The third-order valence-corrected chi connectivity index (χ3v) is 4.15. The Morgan fingerprint density at radius 3 is 2.24 bits per heavy atom. The van der Waals surface area contributed by atoms with Gasteiger partial charge in [-0.3, -0.25) is 0 Å². The summed E-state index contributed by atoms with van der Waals surface area (Å²) < 4.78 is 11.6. The number of nitrogens with two attached hydrogens (primary N) is 2. The largest absolute Gasteiger partial charge is 0.344 e. The van der Waals surface area contributed by atoms with Crippen LogP contribution >= 0.6 is 11.8 Å². The van der Waals surface area contributed by atoms with Crippen LogP contribution < -0.4 is 11.5 Å². The highest BCUT2D eigenvalue weighted by Crippen LogP contribution is 2.37. The summed E-state index contributed by atoms with van der Waals surface area (Å²) in [6, 6.07) is 10.1. The Kier molecular flexibility index (Phi) is 5.24. The van der Waals surface area contributed by atoms with Gasteiger partial charge in [0.1, 0.15) is 5.66 Å². The van der Waals surface area contributed by atoms with Crippen LogP contribution in [0.4, 0.5) is 0 Å². The SMILES string of the molecule is CCOC1(OCC)C=C(Sc2ccccc2)C=CC1(N)N. The van der Waals surface area contributed by atoms with Crippen LogP contribution in [0.15, 0.2) is 58.4 Å². The van der Waals surface area contributed by atoms with E-state index in [1.807, 2.05) is 44.2 Å². The summed E-state index contributed by atoms with van der Waals surface area (Å²) in [5.74, 6) is -1.14. The minimum atomic E-state index is -1.19. The van der Waals surface area contributed by atoms with Crippen LogP contribution in [0.2, 0.25) is 0 Å². The van der Waals surface area contributed by atoms with Gasteiger partial charge >= 0.3 is 0 Å². The normalized spacial score (nSPS) is 19.3. The number of thioether (sulfide) groups is 1. The zero-order valence-electron chi connectivity index (χ0n) is 12.4. The van der Waals surface area contributed by atoms with Gasteiger partial charge in [0.25, 0.3) is 0 Å². The van der Waals surface area contributed by atoms with E-state index in [0.717, 1.165) is 9.80 Å². The van der Waals surface area contributed by atoms with Gasteiger partial charge in [-0.25, -0.2) is 0 Å². The molecule has 0 bridgehead atoms. The summed E-state index contributed by atoms with van der Waals surface area (Å²) in [6.07, 6.45) is 5.52. The summed E-state index contributed by atoms with van der Waals surface area (Å²) >= 11 is 1.62. The van der Waals surface area contributed by atoms with E-state index in [2.05, 4.69) is 12.1 Å². The molecule has 0 spiro atoms. The van der Waals surface area contributed by atoms with E-state index in [4.69, 9.17) is 20.9 Å². The molecule has 0 radical (unpaired) electrons. The van der Waals surface area contributed by atoms with Gasteiger partial charge in [0.2, 0.25) is 5.79 Å². The fraction of sp³-hybridized carbons (Fsp3) is 0.375. The first-order valence-electron chi connectivity index (χ1n) is 7.03. The summed E-state index contributed by atoms with van der Waals surface area (Å²) in [7, 11) is 0. The fourth-order valence-electron chi connectivity index (χ4n) is 2.19. The minimum Gasteiger partial charge on any atom is -0.344 e. The van der Waals surface area contributed by atoms with Crippen molar-refractivity contribution in [1.29, 1.82) is 0 Å². The molecule has 4 N–H and O–H groups in total. The number of hydrogen-bond donors (Lipinski definition) is 2. The van der Waals surface area contributed by atoms with Crippen LogP contribution in [0.5, 0.6) is 0 Å². The van der Waals surface area contributed by atoms with Crippen LogP contribution in [0.3, 0.4) is 0 Å². The average Bonchev–Trinajstić information content (AvgIpc) is 2.45. The van der Waals surface area contributed by atoms with Gasteiger partial charge in [-0.05, 0) is 44.2 Å². The monoisotopic (exact) mass is 306 g/mol. The maximum absolute atomic E-state index is 6.17. The molecule has 5 heteroatoms. The van der Waals surface area contributed by atoms with Crippen molar-refractivity contribution in [3.05, 3.63) is 53.5 Å². The van der Waals surface area contributed by atoms with E-state index in [0.29, 0.717) is 13.2 Å². The third kappa shape index (κ3) is 3.56. The Morgan fingerprint density at radius 1 is 1.05 bits per heavy atom. The Hall–Kier alpha value is -1.11. The maximum Gasteiger partial charge on any atom is 0.225 e. The molecular formula is C16H22N2O2S. The van der Waals surface area contributed by atoms with Gasteiger partial charge in [0, 0.05) is 23.0 Å².